The maximum absolute atomic E-state index is 6.63. The van der Waals surface area contributed by atoms with Gasteiger partial charge in [0.1, 0.15) is 11.2 Å². The van der Waals surface area contributed by atoms with E-state index in [1.807, 2.05) is 12.1 Å². The fourth-order valence-corrected chi connectivity index (χ4v) is 10.7. The number of fused-ring (bicyclic) bond motifs is 12. The van der Waals surface area contributed by atoms with Crippen molar-refractivity contribution in [3.05, 3.63) is 216 Å². The highest BCUT2D eigenvalue weighted by Crippen LogP contribution is 2.54. The van der Waals surface area contributed by atoms with Gasteiger partial charge in [-0.25, -0.2) is 0 Å². The molecule has 0 atom stereocenters. The molecule has 0 bridgehead atoms. The third kappa shape index (κ3) is 5.70. The van der Waals surface area contributed by atoms with Gasteiger partial charge in [0.2, 0.25) is 0 Å². The van der Waals surface area contributed by atoms with Crippen molar-refractivity contribution in [3.63, 3.8) is 0 Å². The molecule has 13 rings (SSSR count). The molecule has 10 aromatic carbocycles. The normalized spacial score (nSPS) is 13.0. The van der Waals surface area contributed by atoms with Gasteiger partial charge in [0.15, 0.2) is 11.2 Å². The molecule has 1 aliphatic carbocycles. The summed E-state index contributed by atoms with van der Waals surface area (Å²) in [4.78, 5) is 4.69. The lowest BCUT2D eigenvalue weighted by molar-refractivity contribution is 0.667. The van der Waals surface area contributed by atoms with Crippen molar-refractivity contribution in [1.29, 1.82) is 0 Å². The predicted octanol–water partition coefficient (Wildman–Crippen LogP) is 17.7. The molecular formula is C61H44N2O2. The van der Waals surface area contributed by atoms with Crippen molar-refractivity contribution in [2.45, 2.75) is 33.1 Å². The Kier molecular flexibility index (Phi) is 8.05. The molecule has 0 spiro atoms. The van der Waals surface area contributed by atoms with Crippen LogP contribution in [-0.2, 0) is 5.41 Å². The van der Waals surface area contributed by atoms with E-state index in [0.717, 1.165) is 78.0 Å². The number of rotatable bonds is 6. The van der Waals surface area contributed by atoms with E-state index in [9.17, 15) is 0 Å². The lowest BCUT2D eigenvalue weighted by Crippen LogP contribution is -2.16. The third-order valence-corrected chi connectivity index (χ3v) is 13.9. The van der Waals surface area contributed by atoms with E-state index in [1.165, 1.54) is 54.9 Å². The Morgan fingerprint density at radius 1 is 0.369 bits per heavy atom. The topological polar surface area (TPSA) is 32.8 Å². The molecule has 65 heavy (non-hydrogen) atoms. The van der Waals surface area contributed by atoms with Gasteiger partial charge in [-0.1, -0.05) is 134 Å². The average Bonchev–Trinajstić information content (AvgIpc) is 3.98. The van der Waals surface area contributed by atoms with Gasteiger partial charge in [-0.3, -0.25) is 0 Å². The number of benzene rings is 10. The Morgan fingerprint density at radius 2 is 0.862 bits per heavy atom. The van der Waals surface area contributed by atoms with E-state index in [0.29, 0.717) is 0 Å². The van der Waals surface area contributed by atoms with Crippen LogP contribution >= 0.6 is 0 Å². The van der Waals surface area contributed by atoms with E-state index >= 15 is 0 Å². The van der Waals surface area contributed by atoms with Gasteiger partial charge >= 0.3 is 0 Å². The van der Waals surface area contributed by atoms with Crippen LogP contribution in [0.25, 0.3) is 76.5 Å². The van der Waals surface area contributed by atoms with Gasteiger partial charge in [-0.15, -0.1) is 0 Å². The average molecular weight is 837 g/mol. The first-order valence-electron chi connectivity index (χ1n) is 22.5. The molecule has 12 aromatic rings. The summed E-state index contributed by atoms with van der Waals surface area (Å²) in [5.41, 5.74) is 17.4. The molecule has 0 saturated carbocycles. The molecule has 0 radical (unpaired) electrons. The Balaban J connectivity index is 0.935. The highest BCUT2D eigenvalue weighted by atomic mass is 16.3. The van der Waals surface area contributed by atoms with Crippen molar-refractivity contribution in [1.82, 2.24) is 0 Å². The number of hydrogen-bond acceptors (Lipinski definition) is 4. The quantitative estimate of drug-likeness (QED) is 0.167. The second-order valence-corrected chi connectivity index (χ2v) is 18.3. The van der Waals surface area contributed by atoms with E-state index in [2.05, 4.69) is 219 Å². The van der Waals surface area contributed by atoms with Crippen LogP contribution < -0.4 is 9.80 Å². The van der Waals surface area contributed by atoms with Crippen molar-refractivity contribution in [2.75, 3.05) is 9.80 Å². The number of hydrogen-bond donors (Lipinski definition) is 0. The van der Waals surface area contributed by atoms with Gasteiger partial charge < -0.3 is 18.6 Å². The maximum Gasteiger partial charge on any atom is 0.159 e. The summed E-state index contributed by atoms with van der Waals surface area (Å²) in [6.45, 7) is 9.05. The Bertz CT molecular complexity index is 3890. The molecule has 0 unspecified atom stereocenters. The molecule has 310 valence electrons. The minimum Gasteiger partial charge on any atom is -0.454 e. The summed E-state index contributed by atoms with van der Waals surface area (Å²) in [5, 5.41) is 9.36. The van der Waals surface area contributed by atoms with Crippen LogP contribution in [0.5, 0.6) is 0 Å². The van der Waals surface area contributed by atoms with Crippen molar-refractivity contribution in [3.8, 4) is 11.1 Å². The van der Waals surface area contributed by atoms with Gasteiger partial charge in [-0.05, 0) is 143 Å². The van der Waals surface area contributed by atoms with Crippen LogP contribution in [0, 0.1) is 13.8 Å². The monoisotopic (exact) mass is 836 g/mol. The summed E-state index contributed by atoms with van der Waals surface area (Å²) in [6, 6.07) is 70.5. The van der Waals surface area contributed by atoms with Crippen LogP contribution in [0.4, 0.5) is 34.1 Å². The highest BCUT2D eigenvalue weighted by molar-refractivity contribution is 6.12. The SMILES string of the molecule is Cc1ccc(N(c2ccc3cc4c(cc3c2)C(C)(C)c2c-4ccc3cc(N(c4ccc(C)cc4)c4cccc5c4oc4ccccc45)ccc23)c2cccc3c2oc2ccccc23)cc1. The summed E-state index contributed by atoms with van der Waals surface area (Å²) in [7, 11) is 0. The fourth-order valence-electron chi connectivity index (χ4n) is 10.7. The molecule has 0 fully saturated rings. The minimum absolute atomic E-state index is 0.247. The summed E-state index contributed by atoms with van der Waals surface area (Å²) >= 11 is 0. The first kappa shape index (κ1) is 37.5. The van der Waals surface area contributed by atoms with Gasteiger partial charge in [0.05, 0.1) is 11.4 Å². The zero-order chi connectivity index (χ0) is 43.6. The summed E-state index contributed by atoms with van der Waals surface area (Å²) in [5.74, 6) is 0. The first-order valence-corrected chi connectivity index (χ1v) is 22.5. The molecule has 0 amide bonds. The summed E-state index contributed by atoms with van der Waals surface area (Å²) < 4.78 is 13.3. The molecule has 0 aliphatic heterocycles. The molecule has 0 saturated heterocycles. The minimum atomic E-state index is -0.247. The third-order valence-electron chi connectivity index (χ3n) is 13.9. The standard InChI is InChI=1S/C61H44N2O2/c1-37-19-25-42(26-20-37)62(54-15-9-13-50-47-11-5-7-17-56(47)64-59(50)54)44-29-23-39-35-52-49-31-24-40-33-45(30-32-46(40)58(49)61(3,4)53(52)36-41(39)34-44)63(43-27-21-38(2)22-28-43)55-16-10-14-51-48-12-6-8-18-57(48)65-60(51)55/h5-36H,1-4H3. The number of furan rings is 2. The number of nitrogens with zero attached hydrogens (tertiary/aromatic N) is 2. The largest absolute Gasteiger partial charge is 0.454 e. The Labute approximate surface area is 377 Å². The van der Waals surface area contributed by atoms with Crippen LogP contribution in [0.1, 0.15) is 36.1 Å². The maximum atomic E-state index is 6.63. The second-order valence-electron chi connectivity index (χ2n) is 18.3. The smallest absolute Gasteiger partial charge is 0.159 e. The first-order chi connectivity index (χ1) is 31.8. The molecule has 1 aliphatic rings. The zero-order valence-electron chi connectivity index (χ0n) is 36.7. The van der Waals surface area contributed by atoms with E-state index < -0.39 is 0 Å². The van der Waals surface area contributed by atoms with Crippen LogP contribution in [0.15, 0.2) is 203 Å². The molecule has 2 aromatic heterocycles. The Morgan fingerprint density at radius 3 is 1.45 bits per heavy atom. The zero-order valence-corrected chi connectivity index (χ0v) is 36.7. The van der Waals surface area contributed by atoms with Gasteiger partial charge in [0.25, 0.3) is 0 Å². The van der Waals surface area contributed by atoms with Crippen LogP contribution in [-0.4, -0.2) is 0 Å². The number of para-hydroxylation sites is 4. The van der Waals surface area contributed by atoms with Gasteiger partial charge in [-0.2, -0.15) is 0 Å². The fraction of sp³-hybridized carbons (Fsp3) is 0.0820. The predicted molar refractivity (Wildman–Crippen MR) is 272 cm³/mol. The highest BCUT2D eigenvalue weighted by Gasteiger charge is 2.37. The van der Waals surface area contributed by atoms with E-state index in [1.54, 1.807) is 0 Å². The second kappa shape index (κ2) is 14.0. The Hall–Kier alpha value is -8.08. The van der Waals surface area contributed by atoms with E-state index in [-0.39, 0.29) is 5.41 Å². The molecule has 4 heteroatoms. The number of aryl methyl sites for hydroxylation is 2. The van der Waals surface area contributed by atoms with Crippen molar-refractivity contribution >= 4 is 99.5 Å². The molecule has 2 heterocycles. The lowest BCUT2D eigenvalue weighted by Gasteiger charge is -2.27. The lowest BCUT2D eigenvalue weighted by atomic mass is 9.79. The molecular weight excluding hydrogens is 793 g/mol. The summed E-state index contributed by atoms with van der Waals surface area (Å²) in [6.07, 6.45) is 0. The number of anilines is 6. The van der Waals surface area contributed by atoms with Crippen LogP contribution in [0.3, 0.4) is 0 Å². The van der Waals surface area contributed by atoms with Crippen molar-refractivity contribution < 1.29 is 8.83 Å². The molecule has 4 nitrogen and oxygen atoms in total. The van der Waals surface area contributed by atoms with E-state index in [4.69, 9.17) is 8.83 Å². The van der Waals surface area contributed by atoms with Crippen LogP contribution in [0.2, 0.25) is 0 Å². The van der Waals surface area contributed by atoms with Gasteiger partial charge in [0, 0.05) is 49.7 Å². The van der Waals surface area contributed by atoms with Crippen molar-refractivity contribution in [2.24, 2.45) is 0 Å². The molecule has 0 N–H and O–H groups in total.